The maximum atomic E-state index is 12.0. The first-order valence-electron chi connectivity index (χ1n) is 12.1. The normalized spacial score (nSPS) is 11.2. The van der Waals surface area contributed by atoms with E-state index in [1.165, 1.54) is 0 Å². The molecular weight excluding hydrogens is 535 g/mol. The van der Waals surface area contributed by atoms with Crippen LogP contribution in [0.1, 0.15) is 70.9 Å². The van der Waals surface area contributed by atoms with Crippen LogP contribution in [-0.2, 0) is 18.9 Å². The first-order valence-corrected chi connectivity index (χ1v) is 13.0. The van der Waals surface area contributed by atoms with Gasteiger partial charge in [-0.2, -0.15) is 0 Å². The number of pyridine rings is 2. The average molecular weight is 565 g/mol. The molecule has 204 valence electrons. The number of carbonyl (C=O) groups excluding carboxylic acids is 2. The van der Waals surface area contributed by atoms with E-state index >= 15 is 0 Å². The van der Waals surface area contributed by atoms with E-state index < -0.39 is 17.1 Å². The molecule has 0 atom stereocenters. The Balaban J connectivity index is 0.000000215. The number of halogens is 2. The van der Waals surface area contributed by atoms with Gasteiger partial charge in [0.15, 0.2) is 16.1 Å². The number of hydrogen-bond donors (Lipinski definition) is 0. The number of hydrogen-bond acceptors (Lipinski definition) is 8. The maximum absolute atomic E-state index is 12.0. The number of imidazole rings is 2. The molecule has 0 aliphatic rings. The molecule has 0 bridgehead atoms. The van der Waals surface area contributed by atoms with Gasteiger partial charge >= 0.3 is 11.9 Å². The van der Waals surface area contributed by atoms with E-state index in [9.17, 15) is 9.59 Å². The lowest BCUT2D eigenvalue weighted by atomic mass is 10.3. The number of fused-ring (bicyclic) bond motifs is 2. The Kier molecular flexibility index (Phi) is 10.9. The van der Waals surface area contributed by atoms with Crippen LogP contribution in [0.4, 0.5) is 0 Å². The van der Waals surface area contributed by atoms with Crippen LogP contribution in [0.3, 0.4) is 0 Å². The van der Waals surface area contributed by atoms with Crippen molar-refractivity contribution >= 4 is 46.4 Å². The lowest BCUT2D eigenvalue weighted by Crippen LogP contribution is -2.09. The molecule has 38 heavy (non-hydrogen) atoms. The third-order valence-corrected chi connectivity index (χ3v) is 5.54. The summed E-state index contributed by atoms with van der Waals surface area (Å²) in [5.74, 6) is -0.791. The van der Waals surface area contributed by atoms with Crippen LogP contribution in [0.2, 0.25) is 0 Å². The molecule has 4 aromatic heterocycles. The quantitative estimate of drug-likeness (QED) is 0.140. The minimum absolute atomic E-state index is 0.321. The molecule has 0 saturated heterocycles. The maximum Gasteiger partial charge on any atom is 0.341 e. The highest BCUT2D eigenvalue weighted by Crippen LogP contribution is 2.25. The third-order valence-electron chi connectivity index (χ3n) is 5.09. The Hall–Kier alpha value is -3.18. The van der Waals surface area contributed by atoms with E-state index in [4.69, 9.17) is 42.1 Å². The first kappa shape index (κ1) is 29.4. The van der Waals surface area contributed by atoms with Crippen LogP contribution in [0.5, 0.6) is 0 Å². The van der Waals surface area contributed by atoms with Crippen LogP contribution < -0.4 is 0 Å². The number of carbonyl (C=O) groups is 2. The molecule has 0 amide bonds. The smallest absolute Gasteiger partial charge is 0.341 e. The van der Waals surface area contributed by atoms with Crippen LogP contribution in [-0.4, -0.2) is 57.1 Å². The molecule has 0 unspecified atom stereocenters. The van der Waals surface area contributed by atoms with Crippen molar-refractivity contribution in [2.24, 2.45) is 0 Å². The standard InChI is InChI=1S/C15H20N2O4.C11H10Cl2N2O2/c1-4-19-14(18)11-8-7-9-17-10-12(16-13(11)17)15(20-5-2)21-6-3;1-2-17-11(16)7-4-3-5-15-6-8(9(12)13)14-10(7)15/h7-10,15H,4-6H2,1-3H3;3-6,9H,2H2,1H3. The van der Waals surface area contributed by atoms with Crippen molar-refractivity contribution in [1.82, 2.24) is 18.8 Å². The molecule has 12 heteroatoms. The highest BCUT2D eigenvalue weighted by Gasteiger charge is 2.19. The Morgan fingerprint density at radius 3 is 1.63 bits per heavy atom. The van der Waals surface area contributed by atoms with Gasteiger partial charge in [0.05, 0.1) is 18.9 Å². The minimum atomic E-state index is -0.718. The number of nitrogens with zero attached hydrogens (tertiary/aromatic N) is 4. The fourth-order valence-corrected chi connectivity index (χ4v) is 3.75. The highest BCUT2D eigenvalue weighted by molar-refractivity contribution is 6.43. The number of aromatic nitrogens is 4. The summed E-state index contributed by atoms with van der Waals surface area (Å²) in [6.45, 7) is 9.00. The van der Waals surface area contributed by atoms with Gasteiger partial charge in [0.2, 0.25) is 6.29 Å². The van der Waals surface area contributed by atoms with Crippen molar-refractivity contribution in [1.29, 1.82) is 0 Å². The number of rotatable bonds is 10. The summed E-state index contributed by atoms with van der Waals surface area (Å²) in [6.07, 6.45) is 6.54. The SMILES string of the molecule is CCOC(=O)c1cccn2cc(C(Cl)Cl)nc12.CCOC(=O)c1cccn2cc(C(OCC)OCC)nc12. The molecule has 0 aliphatic heterocycles. The molecule has 4 aromatic rings. The van der Waals surface area contributed by atoms with E-state index in [1.807, 2.05) is 20.0 Å². The second-order valence-electron chi connectivity index (χ2n) is 7.62. The second kappa shape index (κ2) is 14.1. The summed E-state index contributed by atoms with van der Waals surface area (Å²) in [6, 6.07) is 6.87. The van der Waals surface area contributed by atoms with Gasteiger partial charge in [0.1, 0.15) is 16.8 Å². The Labute approximate surface area is 230 Å². The Morgan fingerprint density at radius 1 is 0.763 bits per heavy atom. The summed E-state index contributed by atoms with van der Waals surface area (Å²) < 4.78 is 24.5. The topological polar surface area (TPSA) is 106 Å². The van der Waals surface area contributed by atoms with Gasteiger partial charge in [-0.1, -0.05) is 23.2 Å². The van der Waals surface area contributed by atoms with Crippen molar-refractivity contribution in [3.05, 3.63) is 71.6 Å². The first-order chi connectivity index (χ1) is 18.3. The van der Waals surface area contributed by atoms with Crippen molar-refractivity contribution in [3.63, 3.8) is 0 Å². The Bertz CT molecular complexity index is 1360. The molecule has 0 aromatic carbocycles. The van der Waals surface area contributed by atoms with Gasteiger partial charge in [-0.05, 0) is 52.0 Å². The summed E-state index contributed by atoms with van der Waals surface area (Å²) in [5, 5.41) is 0. The highest BCUT2D eigenvalue weighted by atomic mass is 35.5. The van der Waals surface area contributed by atoms with E-state index in [1.54, 1.807) is 65.5 Å². The van der Waals surface area contributed by atoms with E-state index in [2.05, 4.69) is 9.97 Å². The van der Waals surface area contributed by atoms with E-state index in [0.717, 1.165) is 0 Å². The van der Waals surface area contributed by atoms with Gasteiger partial charge in [-0.15, -0.1) is 0 Å². The zero-order valence-corrected chi connectivity index (χ0v) is 23.1. The summed E-state index contributed by atoms with van der Waals surface area (Å²) in [5.41, 5.74) is 3.00. The molecule has 0 fully saturated rings. The lowest BCUT2D eigenvalue weighted by Gasteiger charge is -2.13. The molecule has 0 spiro atoms. The van der Waals surface area contributed by atoms with E-state index in [0.29, 0.717) is 60.2 Å². The van der Waals surface area contributed by atoms with Crippen LogP contribution >= 0.6 is 23.2 Å². The van der Waals surface area contributed by atoms with E-state index in [-0.39, 0.29) is 5.97 Å². The number of esters is 2. The van der Waals surface area contributed by atoms with Gasteiger partial charge in [-0.3, -0.25) is 0 Å². The summed E-state index contributed by atoms with van der Waals surface area (Å²) in [7, 11) is 0. The second-order valence-corrected chi connectivity index (χ2v) is 8.72. The summed E-state index contributed by atoms with van der Waals surface area (Å²) in [4.78, 5) is 31.6. The molecule has 0 saturated carbocycles. The van der Waals surface area contributed by atoms with Gasteiger partial charge in [0, 0.05) is 38.0 Å². The van der Waals surface area contributed by atoms with Crippen LogP contribution in [0, 0.1) is 0 Å². The molecular formula is C26H30Cl2N4O6. The van der Waals surface area contributed by atoms with Gasteiger partial charge in [0.25, 0.3) is 0 Å². The van der Waals surface area contributed by atoms with Crippen molar-refractivity contribution in [3.8, 4) is 0 Å². The zero-order valence-electron chi connectivity index (χ0n) is 21.6. The monoisotopic (exact) mass is 564 g/mol. The minimum Gasteiger partial charge on any atom is -0.462 e. The average Bonchev–Trinajstić information content (AvgIpc) is 3.54. The third kappa shape index (κ3) is 7.02. The predicted molar refractivity (Wildman–Crippen MR) is 143 cm³/mol. The van der Waals surface area contributed by atoms with Gasteiger partial charge < -0.3 is 27.7 Å². The number of ether oxygens (including phenoxy) is 4. The molecule has 0 aliphatic carbocycles. The Morgan fingerprint density at radius 2 is 1.21 bits per heavy atom. The molecule has 0 radical (unpaired) electrons. The fourth-order valence-electron chi connectivity index (χ4n) is 3.54. The molecule has 0 N–H and O–H groups in total. The number of alkyl halides is 2. The largest absolute Gasteiger partial charge is 0.462 e. The van der Waals surface area contributed by atoms with Crippen molar-refractivity contribution in [2.75, 3.05) is 26.4 Å². The van der Waals surface area contributed by atoms with Crippen LogP contribution in [0.25, 0.3) is 11.3 Å². The van der Waals surface area contributed by atoms with Crippen LogP contribution in [0.15, 0.2) is 49.1 Å². The molecule has 10 nitrogen and oxygen atoms in total. The zero-order chi connectivity index (χ0) is 27.7. The summed E-state index contributed by atoms with van der Waals surface area (Å²) >= 11 is 11.5. The van der Waals surface area contributed by atoms with Crippen molar-refractivity contribution in [2.45, 2.75) is 38.8 Å². The van der Waals surface area contributed by atoms with Crippen molar-refractivity contribution < 1.29 is 28.5 Å². The van der Waals surface area contributed by atoms with Gasteiger partial charge in [-0.25, -0.2) is 19.6 Å². The molecule has 4 heterocycles. The fraction of sp³-hybridized carbons (Fsp3) is 0.385. The predicted octanol–water partition coefficient (Wildman–Crippen LogP) is 5.57. The lowest BCUT2D eigenvalue weighted by molar-refractivity contribution is -0.142. The molecule has 4 rings (SSSR count).